The van der Waals surface area contributed by atoms with Gasteiger partial charge in [-0.05, 0) is 24.3 Å². The van der Waals surface area contributed by atoms with Crippen molar-refractivity contribution in [2.24, 2.45) is 0 Å². The third-order valence-electron chi connectivity index (χ3n) is 5.09. The van der Waals surface area contributed by atoms with Gasteiger partial charge in [-0.1, -0.05) is 16.8 Å². The summed E-state index contributed by atoms with van der Waals surface area (Å²) in [7, 11) is 0. The van der Waals surface area contributed by atoms with Crippen molar-refractivity contribution in [3.05, 3.63) is 62.5 Å². The van der Waals surface area contributed by atoms with E-state index in [2.05, 4.69) is 15.3 Å². The molecule has 0 amide bonds. The highest BCUT2D eigenvalue weighted by Crippen LogP contribution is 2.31. The topological polar surface area (TPSA) is 147 Å². The van der Waals surface area contributed by atoms with Gasteiger partial charge in [0.25, 0.3) is 5.56 Å². The van der Waals surface area contributed by atoms with E-state index < -0.39 is 41.6 Å². The number of rotatable bonds is 6. The van der Waals surface area contributed by atoms with Crippen molar-refractivity contribution < 1.29 is 23.8 Å². The van der Waals surface area contributed by atoms with Crippen LogP contribution in [0.5, 0.6) is 0 Å². The molecule has 3 atom stereocenters. The zero-order valence-corrected chi connectivity index (χ0v) is 18.9. The number of hydrogen-bond acceptors (Lipinski definition) is 9. The average Bonchev–Trinajstić information content (AvgIpc) is 3.40. The number of halogens is 1. The normalized spacial score (nSPS) is 19.7. The Bertz CT molecular complexity index is 1330. The quantitative estimate of drug-likeness (QED) is 0.504. The second-order valence-corrected chi connectivity index (χ2v) is 7.99. The van der Waals surface area contributed by atoms with Crippen molar-refractivity contribution in [2.75, 3.05) is 6.61 Å². The van der Waals surface area contributed by atoms with E-state index in [1.165, 1.54) is 35.5 Å². The fraction of sp³-hybridized carbons (Fsp3) is 0.333. The Balaban J connectivity index is 1.64. The van der Waals surface area contributed by atoms with Gasteiger partial charge >= 0.3 is 17.6 Å². The summed E-state index contributed by atoms with van der Waals surface area (Å²) in [6.07, 6.45) is 0.513. The molecule has 1 fully saturated rings. The highest BCUT2D eigenvalue weighted by Gasteiger charge is 2.39. The van der Waals surface area contributed by atoms with Crippen LogP contribution >= 0.6 is 11.6 Å². The molecule has 4 rings (SSSR count). The lowest BCUT2D eigenvalue weighted by atomic mass is 10.2. The fourth-order valence-electron chi connectivity index (χ4n) is 3.55. The van der Waals surface area contributed by atoms with Crippen molar-refractivity contribution in [3.8, 4) is 16.9 Å². The molecule has 0 unspecified atom stereocenters. The Morgan fingerprint density at radius 1 is 1.18 bits per heavy atom. The first-order valence-electron chi connectivity index (χ1n) is 10.2. The van der Waals surface area contributed by atoms with E-state index in [1.54, 1.807) is 24.3 Å². The summed E-state index contributed by atoms with van der Waals surface area (Å²) >= 11 is 5.91. The van der Waals surface area contributed by atoms with E-state index in [0.29, 0.717) is 10.7 Å². The van der Waals surface area contributed by atoms with E-state index in [9.17, 15) is 19.2 Å². The van der Waals surface area contributed by atoms with Crippen LogP contribution < -0.4 is 11.2 Å². The maximum Gasteiger partial charge on any atom is 0.330 e. The summed E-state index contributed by atoms with van der Waals surface area (Å²) < 4.78 is 18.7. The van der Waals surface area contributed by atoms with Crippen molar-refractivity contribution in [1.29, 1.82) is 0 Å². The molecule has 3 aromatic rings. The van der Waals surface area contributed by atoms with Crippen LogP contribution in [0.2, 0.25) is 5.02 Å². The summed E-state index contributed by atoms with van der Waals surface area (Å²) in [6.45, 7) is 2.32. The third-order valence-corrected chi connectivity index (χ3v) is 5.34. The minimum Gasteiger partial charge on any atom is -0.463 e. The predicted molar refractivity (Wildman–Crippen MR) is 117 cm³/mol. The molecule has 0 saturated carbocycles. The molecule has 0 radical (unpaired) electrons. The monoisotopic (exact) mass is 489 g/mol. The first kappa shape index (κ1) is 23.4. The number of ether oxygens (including phenoxy) is 3. The number of hydrogen-bond donors (Lipinski definition) is 1. The second-order valence-electron chi connectivity index (χ2n) is 7.55. The van der Waals surface area contributed by atoms with E-state index in [1.807, 2.05) is 0 Å². The molecular weight excluding hydrogens is 470 g/mol. The van der Waals surface area contributed by atoms with Crippen LogP contribution in [0.4, 0.5) is 0 Å². The summed E-state index contributed by atoms with van der Waals surface area (Å²) in [5.41, 5.74) is -0.412. The molecule has 1 aliphatic rings. The van der Waals surface area contributed by atoms with E-state index in [0.717, 1.165) is 0 Å². The number of carbonyl (C=O) groups excluding carboxylic acids is 2. The lowest BCUT2D eigenvalue weighted by Crippen LogP contribution is -2.33. The van der Waals surface area contributed by atoms with E-state index in [4.69, 9.17) is 25.8 Å². The summed E-state index contributed by atoms with van der Waals surface area (Å²) in [6, 6.07) is 6.84. The molecule has 0 aliphatic carbocycles. The average molecular weight is 490 g/mol. The molecular formula is C21H20ClN5O7. The smallest absolute Gasteiger partial charge is 0.330 e. The summed E-state index contributed by atoms with van der Waals surface area (Å²) in [5.74, 6) is -1.07. The predicted octanol–water partition coefficient (Wildman–Crippen LogP) is 1.22. The Hall–Kier alpha value is -3.77. The van der Waals surface area contributed by atoms with Gasteiger partial charge in [-0.3, -0.25) is 23.9 Å². The van der Waals surface area contributed by atoms with Gasteiger partial charge < -0.3 is 14.2 Å². The fourth-order valence-corrected chi connectivity index (χ4v) is 3.67. The Morgan fingerprint density at radius 2 is 1.91 bits per heavy atom. The number of carbonyl (C=O) groups is 2. The molecule has 1 aromatic carbocycles. The number of aromatic amines is 1. The van der Waals surface area contributed by atoms with Gasteiger partial charge in [-0.15, -0.1) is 5.10 Å². The molecule has 1 aliphatic heterocycles. The van der Waals surface area contributed by atoms with Crippen LogP contribution in [-0.2, 0) is 23.8 Å². The molecule has 178 valence electrons. The highest BCUT2D eigenvalue weighted by molar-refractivity contribution is 6.30. The Kier molecular flexibility index (Phi) is 6.61. The van der Waals surface area contributed by atoms with Gasteiger partial charge in [0.15, 0.2) is 0 Å². The minimum atomic E-state index is -0.890. The lowest BCUT2D eigenvalue weighted by molar-refractivity contribution is -0.155. The summed E-state index contributed by atoms with van der Waals surface area (Å²) in [5, 5.41) is 8.62. The molecule has 1 N–H and O–H groups in total. The number of nitrogens with zero attached hydrogens (tertiary/aromatic N) is 4. The largest absolute Gasteiger partial charge is 0.463 e. The maximum atomic E-state index is 12.6. The Morgan fingerprint density at radius 3 is 2.59 bits per heavy atom. The molecule has 12 nitrogen and oxygen atoms in total. The second kappa shape index (κ2) is 9.61. The van der Waals surface area contributed by atoms with Gasteiger partial charge in [-0.25, -0.2) is 9.48 Å². The maximum absolute atomic E-state index is 12.6. The molecule has 0 spiro atoms. The van der Waals surface area contributed by atoms with Gasteiger partial charge in [0.05, 0.1) is 17.4 Å². The van der Waals surface area contributed by atoms with Gasteiger partial charge in [0.2, 0.25) is 0 Å². The van der Waals surface area contributed by atoms with Crippen LogP contribution in [0.15, 0.2) is 46.2 Å². The third kappa shape index (κ3) is 5.07. The van der Waals surface area contributed by atoms with Crippen molar-refractivity contribution >= 4 is 23.5 Å². The van der Waals surface area contributed by atoms with Crippen molar-refractivity contribution in [1.82, 2.24) is 24.5 Å². The first-order chi connectivity index (χ1) is 16.2. The zero-order valence-electron chi connectivity index (χ0n) is 18.1. The number of nitrogens with one attached hydrogen (secondary N) is 1. The standard InChI is InChI=1S/C21H20ClN5O7/c1-11(28)32-10-18-17(33-12(2)29)7-19(34-18)26-8-15(20(30)23-21(26)31)16-9-27(25-24-16)14-5-3-13(22)4-6-14/h3-6,8-9,17-19H,7,10H2,1-2H3,(H,23,30,31)/t17-,18+,19+/m0/s1. The zero-order chi connectivity index (χ0) is 24.4. The van der Waals surface area contributed by atoms with Gasteiger partial charge in [-0.2, -0.15) is 0 Å². The van der Waals surface area contributed by atoms with Crippen LogP contribution in [0.1, 0.15) is 26.5 Å². The molecule has 13 heteroatoms. The van der Waals surface area contributed by atoms with Gasteiger partial charge in [0.1, 0.15) is 30.7 Å². The van der Waals surface area contributed by atoms with Gasteiger partial charge in [0, 0.05) is 31.5 Å². The molecule has 3 heterocycles. The van der Waals surface area contributed by atoms with E-state index >= 15 is 0 Å². The number of benzene rings is 1. The number of aromatic nitrogens is 5. The number of esters is 2. The SMILES string of the molecule is CC(=O)OC[C@H]1O[C@@H](n2cc(-c3cn(-c4ccc(Cl)cc4)nn3)c(=O)[nH]c2=O)C[C@@H]1OC(C)=O. The van der Waals surface area contributed by atoms with Crippen LogP contribution in [-0.4, -0.2) is 55.3 Å². The van der Waals surface area contributed by atoms with Crippen molar-refractivity contribution in [2.45, 2.75) is 38.7 Å². The molecule has 1 saturated heterocycles. The van der Waals surface area contributed by atoms with E-state index in [-0.39, 0.29) is 24.3 Å². The summed E-state index contributed by atoms with van der Waals surface area (Å²) in [4.78, 5) is 50.0. The van der Waals surface area contributed by atoms with Crippen molar-refractivity contribution in [3.63, 3.8) is 0 Å². The Labute approximate surface area is 197 Å². The molecule has 34 heavy (non-hydrogen) atoms. The lowest BCUT2D eigenvalue weighted by Gasteiger charge is -2.17. The highest BCUT2D eigenvalue weighted by atomic mass is 35.5. The first-order valence-corrected chi connectivity index (χ1v) is 10.6. The van der Waals surface area contributed by atoms with Crippen LogP contribution in [0, 0.1) is 0 Å². The molecule has 0 bridgehead atoms. The van der Waals surface area contributed by atoms with Crippen LogP contribution in [0.25, 0.3) is 16.9 Å². The minimum absolute atomic E-state index is 0.0795. The van der Waals surface area contributed by atoms with Crippen LogP contribution in [0.3, 0.4) is 0 Å². The molecule has 2 aromatic heterocycles. The number of H-pyrrole nitrogens is 1.